The normalized spacial score (nSPS) is 18.5. The minimum Gasteiger partial charge on any atom is -0.496 e. The Morgan fingerprint density at radius 3 is 2.19 bits per heavy atom. The molecule has 1 aromatic carbocycles. The van der Waals surface area contributed by atoms with Crippen LogP contribution in [-0.2, 0) is 10.0 Å². The van der Waals surface area contributed by atoms with Gasteiger partial charge in [0, 0.05) is 24.7 Å². The summed E-state index contributed by atoms with van der Waals surface area (Å²) >= 11 is 0. The average Bonchev–Trinajstić information content (AvgIpc) is 2.97. The molecular formula is C13H20N2O5S. The SMILES string of the molecule is COc1cc(OC)c(S(=O)(=O)NC2CCNC2)c(OC)c1. The Kier molecular flexibility index (Phi) is 4.92. The summed E-state index contributed by atoms with van der Waals surface area (Å²) in [6, 6.07) is 2.90. The smallest absolute Gasteiger partial charge is 0.248 e. The lowest BCUT2D eigenvalue weighted by molar-refractivity contribution is 0.358. The molecule has 1 atom stereocenters. The molecule has 1 heterocycles. The molecular weight excluding hydrogens is 296 g/mol. The van der Waals surface area contributed by atoms with E-state index in [1.165, 1.54) is 33.5 Å². The molecule has 2 rings (SSSR count). The van der Waals surface area contributed by atoms with Gasteiger partial charge in [-0.05, 0) is 13.0 Å². The second-order valence-electron chi connectivity index (χ2n) is 4.67. The van der Waals surface area contributed by atoms with Crippen LogP contribution in [0.25, 0.3) is 0 Å². The quantitative estimate of drug-likeness (QED) is 0.788. The van der Waals surface area contributed by atoms with Crippen LogP contribution in [0.3, 0.4) is 0 Å². The fourth-order valence-corrected chi connectivity index (χ4v) is 3.84. The first kappa shape index (κ1) is 15.9. The molecule has 0 aromatic heterocycles. The van der Waals surface area contributed by atoms with Crippen molar-refractivity contribution in [3.8, 4) is 17.2 Å². The van der Waals surface area contributed by atoms with E-state index in [-0.39, 0.29) is 22.4 Å². The third kappa shape index (κ3) is 3.39. The van der Waals surface area contributed by atoms with Crippen molar-refractivity contribution in [1.29, 1.82) is 0 Å². The predicted octanol–water partition coefficient (Wildman–Crippen LogP) is 0.353. The molecule has 2 N–H and O–H groups in total. The molecule has 1 aliphatic heterocycles. The van der Waals surface area contributed by atoms with E-state index in [9.17, 15) is 8.42 Å². The zero-order chi connectivity index (χ0) is 15.5. The molecule has 21 heavy (non-hydrogen) atoms. The first-order valence-corrected chi connectivity index (χ1v) is 8.03. The summed E-state index contributed by atoms with van der Waals surface area (Å²) in [6.07, 6.45) is 0.750. The number of hydrogen-bond acceptors (Lipinski definition) is 6. The van der Waals surface area contributed by atoms with Crippen LogP contribution >= 0.6 is 0 Å². The van der Waals surface area contributed by atoms with Crippen LogP contribution in [0, 0.1) is 0 Å². The van der Waals surface area contributed by atoms with E-state index in [1.807, 2.05) is 0 Å². The summed E-state index contributed by atoms with van der Waals surface area (Å²) in [6.45, 7) is 1.41. The molecule has 1 saturated heterocycles. The van der Waals surface area contributed by atoms with Crippen molar-refractivity contribution in [2.24, 2.45) is 0 Å². The Labute approximate surface area is 124 Å². The summed E-state index contributed by atoms with van der Waals surface area (Å²) < 4.78 is 43.4. The van der Waals surface area contributed by atoms with Gasteiger partial charge in [-0.1, -0.05) is 0 Å². The highest BCUT2D eigenvalue weighted by Crippen LogP contribution is 2.37. The van der Waals surface area contributed by atoms with Crippen molar-refractivity contribution >= 4 is 10.0 Å². The summed E-state index contributed by atoms with van der Waals surface area (Å²) in [7, 11) is 0.555. The zero-order valence-corrected chi connectivity index (χ0v) is 13.1. The minimum absolute atomic E-state index is 0.0137. The Balaban J connectivity index is 2.44. The van der Waals surface area contributed by atoms with Gasteiger partial charge >= 0.3 is 0 Å². The zero-order valence-electron chi connectivity index (χ0n) is 12.3. The number of benzene rings is 1. The maximum absolute atomic E-state index is 12.6. The monoisotopic (exact) mass is 316 g/mol. The Morgan fingerprint density at radius 1 is 1.14 bits per heavy atom. The van der Waals surface area contributed by atoms with Gasteiger partial charge in [0.25, 0.3) is 0 Å². The molecule has 0 amide bonds. The van der Waals surface area contributed by atoms with Gasteiger partial charge in [-0.25, -0.2) is 13.1 Å². The van der Waals surface area contributed by atoms with Gasteiger partial charge in [-0.2, -0.15) is 0 Å². The highest BCUT2D eigenvalue weighted by Gasteiger charge is 2.29. The van der Waals surface area contributed by atoms with Crippen LogP contribution in [0.5, 0.6) is 17.2 Å². The molecule has 0 spiro atoms. The maximum Gasteiger partial charge on any atom is 0.248 e. The van der Waals surface area contributed by atoms with Crippen molar-refractivity contribution in [3.05, 3.63) is 12.1 Å². The number of methoxy groups -OCH3 is 3. The second-order valence-corrected chi connectivity index (χ2v) is 6.32. The highest BCUT2D eigenvalue weighted by atomic mass is 32.2. The summed E-state index contributed by atoms with van der Waals surface area (Å²) in [5, 5.41) is 3.11. The Bertz CT molecular complexity index is 572. The van der Waals surface area contributed by atoms with Crippen molar-refractivity contribution in [3.63, 3.8) is 0 Å². The number of nitrogens with one attached hydrogen (secondary N) is 2. The molecule has 0 saturated carbocycles. The van der Waals surface area contributed by atoms with Crippen molar-refractivity contribution in [1.82, 2.24) is 10.0 Å². The number of sulfonamides is 1. The van der Waals surface area contributed by atoms with Crippen molar-refractivity contribution in [2.75, 3.05) is 34.4 Å². The third-order valence-corrected chi connectivity index (χ3v) is 4.90. The standard InChI is InChI=1S/C13H20N2O5S/c1-18-10-6-11(19-2)13(12(7-10)20-3)21(16,17)15-9-4-5-14-8-9/h6-7,9,14-15H,4-5,8H2,1-3H3. The van der Waals surface area contributed by atoms with Crippen molar-refractivity contribution < 1.29 is 22.6 Å². The average molecular weight is 316 g/mol. The van der Waals surface area contributed by atoms with Crippen LogP contribution in [0.1, 0.15) is 6.42 Å². The molecule has 1 aliphatic rings. The van der Waals surface area contributed by atoms with Gasteiger partial charge in [-0.15, -0.1) is 0 Å². The fraction of sp³-hybridized carbons (Fsp3) is 0.538. The van der Waals surface area contributed by atoms with E-state index in [2.05, 4.69) is 10.0 Å². The maximum atomic E-state index is 12.6. The van der Waals surface area contributed by atoms with Gasteiger partial charge in [0.2, 0.25) is 10.0 Å². The molecule has 1 fully saturated rings. The van der Waals surface area contributed by atoms with Crippen LogP contribution in [-0.4, -0.2) is 48.9 Å². The molecule has 1 unspecified atom stereocenters. The lowest BCUT2D eigenvalue weighted by Gasteiger charge is -2.17. The van der Waals surface area contributed by atoms with Gasteiger partial charge in [0.05, 0.1) is 21.3 Å². The Hall–Kier alpha value is -1.51. The molecule has 118 valence electrons. The molecule has 0 aliphatic carbocycles. The molecule has 7 nitrogen and oxygen atoms in total. The summed E-state index contributed by atoms with van der Waals surface area (Å²) in [4.78, 5) is -0.0137. The molecule has 8 heteroatoms. The van der Waals surface area contributed by atoms with Crippen LogP contribution in [0.2, 0.25) is 0 Å². The largest absolute Gasteiger partial charge is 0.496 e. The lowest BCUT2D eigenvalue weighted by Crippen LogP contribution is -2.36. The third-order valence-electron chi connectivity index (χ3n) is 3.32. The molecule has 1 aromatic rings. The number of ether oxygens (including phenoxy) is 3. The predicted molar refractivity (Wildman–Crippen MR) is 77.7 cm³/mol. The van der Waals surface area contributed by atoms with Crippen LogP contribution in [0.4, 0.5) is 0 Å². The van der Waals surface area contributed by atoms with Crippen LogP contribution in [0.15, 0.2) is 17.0 Å². The van der Waals surface area contributed by atoms with Crippen molar-refractivity contribution in [2.45, 2.75) is 17.4 Å². The minimum atomic E-state index is -3.75. The first-order valence-electron chi connectivity index (χ1n) is 6.55. The van der Waals surface area contributed by atoms with Gasteiger partial charge in [0.1, 0.15) is 17.2 Å². The van der Waals surface area contributed by atoms with E-state index in [1.54, 1.807) is 0 Å². The number of hydrogen-bond donors (Lipinski definition) is 2. The van der Waals surface area contributed by atoms with Gasteiger partial charge < -0.3 is 19.5 Å². The molecule has 0 bridgehead atoms. The van der Waals surface area contributed by atoms with E-state index in [0.29, 0.717) is 12.3 Å². The van der Waals surface area contributed by atoms with E-state index in [4.69, 9.17) is 14.2 Å². The number of rotatable bonds is 6. The second kappa shape index (κ2) is 6.50. The lowest BCUT2D eigenvalue weighted by atomic mass is 10.3. The first-order chi connectivity index (χ1) is 10.0. The van der Waals surface area contributed by atoms with E-state index < -0.39 is 10.0 Å². The van der Waals surface area contributed by atoms with E-state index in [0.717, 1.165) is 13.0 Å². The van der Waals surface area contributed by atoms with Crippen LogP contribution < -0.4 is 24.2 Å². The Morgan fingerprint density at radius 2 is 1.76 bits per heavy atom. The topological polar surface area (TPSA) is 85.9 Å². The summed E-state index contributed by atoms with van der Waals surface area (Å²) in [5.41, 5.74) is 0. The summed E-state index contributed by atoms with van der Waals surface area (Å²) in [5.74, 6) is 0.833. The highest BCUT2D eigenvalue weighted by molar-refractivity contribution is 7.89. The van der Waals surface area contributed by atoms with Gasteiger partial charge in [0.15, 0.2) is 4.90 Å². The molecule has 0 radical (unpaired) electrons. The fourth-order valence-electron chi connectivity index (χ4n) is 2.27. The van der Waals surface area contributed by atoms with E-state index >= 15 is 0 Å². The van der Waals surface area contributed by atoms with Gasteiger partial charge in [-0.3, -0.25) is 0 Å².